The van der Waals surface area contributed by atoms with Crippen LogP contribution in [0.25, 0.3) is 6.08 Å². The summed E-state index contributed by atoms with van der Waals surface area (Å²) in [6.07, 6.45) is 2.92. The fraction of sp³-hybridized carbons (Fsp3) is 0.467. The lowest BCUT2D eigenvalue weighted by atomic mass is 10.1. The zero-order valence-corrected chi connectivity index (χ0v) is 14.0. The van der Waals surface area contributed by atoms with Crippen LogP contribution in [0.15, 0.2) is 28.2 Å². The van der Waals surface area contributed by atoms with Crippen LogP contribution in [0, 0.1) is 10.1 Å². The van der Waals surface area contributed by atoms with Gasteiger partial charge in [-0.2, -0.15) is 0 Å². The summed E-state index contributed by atoms with van der Waals surface area (Å²) in [6.45, 7) is 9.22. The fourth-order valence-corrected chi connectivity index (χ4v) is 2.04. The summed E-state index contributed by atoms with van der Waals surface area (Å²) in [7, 11) is 0. The lowest BCUT2D eigenvalue weighted by Gasteiger charge is -2.21. The lowest BCUT2D eigenvalue weighted by molar-refractivity contribution is -0.385. The number of rotatable bonds is 5. The first-order valence-corrected chi connectivity index (χ1v) is 7.40. The molecule has 0 radical (unpaired) electrons. The second-order valence-corrected chi connectivity index (χ2v) is 6.58. The number of nitrogens with one attached hydrogen (secondary N) is 1. The minimum atomic E-state index is -0.375. The fourth-order valence-electron chi connectivity index (χ4n) is 1.65. The van der Waals surface area contributed by atoms with E-state index in [1.54, 1.807) is 12.1 Å². The third-order valence-corrected chi connectivity index (χ3v) is 3.51. The van der Waals surface area contributed by atoms with Crippen molar-refractivity contribution in [2.45, 2.75) is 39.7 Å². The second kappa shape index (κ2) is 6.99. The van der Waals surface area contributed by atoms with Gasteiger partial charge in [0, 0.05) is 18.2 Å². The summed E-state index contributed by atoms with van der Waals surface area (Å²) in [4.78, 5) is 10.6. The van der Waals surface area contributed by atoms with Crippen LogP contribution in [0.4, 0.5) is 5.69 Å². The van der Waals surface area contributed by atoms with Gasteiger partial charge in [0.15, 0.2) is 0 Å². The molecule has 0 atom stereocenters. The number of hydrogen-bond donors (Lipinski definition) is 1. The average molecular weight is 341 g/mol. The number of hydrogen-bond acceptors (Lipinski definition) is 3. The van der Waals surface area contributed by atoms with E-state index >= 15 is 0 Å². The molecule has 1 rings (SSSR count). The highest BCUT2D eigenvalue weighted by atomic mass is 79.9. The molecule has 1 aromatic carbocycles. The van der Waals surface area contributed by atoms with Gasteiger partial charge in [0.2, 0.25) is 0 Å². The average Bonchev–Trinajstić information content (AvgIpc) is 2.35. The number of benzene rings is 1. The van der Waals surface area contributed by atoms with Crippen molar-refractivity contribution in [2.24, 2.45) is 0 Å². The minimum absolute atomic E-state index is 0.0555. The monoisotopic (exact) mass is 340 g/mol. The van der Waals surface area contributed by atoms with Crippen molar-refractivity contribution in [2.75, 3.05) is 6.54 Å². The van der Waals surface area contributed by atoms with Crippen molar-refractivity contribution in [3.8, 4) is 0 Å². The van der Waals surface area contributed by atoms with E-state index in [4.69, 9.17) is 0 Å². The third-order valence-electron chi connectivity index (χ3n) is 2.84. The van der Waals surface area contributed by atoms with E-state index in [-0.39, 0.29) is 16.1 Å². The standard InChI is InChI=1S/C15H21BrN2O2/c1-5-11(10-17-15(2,3)4)8-12-6-7-13(16)14(9-12)18(19)20/h6-9,17H,5,10H2,1-4H3. The summed E-state index contributed by atoms with van der Waals surface area (Å²) in [5.41, 5.74) is 2.22. The van der Waals surface area contributed by atoms with Crippen LogP contribution in [-0.2, 0) is 0 Å². The summed E-state index contributed by atoms with van der Waals surface area (Å²) in [5.74, 6) is 0. The predicted octanol–water partition coefficient (Wildman–Crippen LogP) is 4.54. The molecular weight excluding hydrogens is 320 g/mol. The summed E-state index contributed by atoms with van der Waals surface area (Å²) >= 11 is 3.20. The molecule has 0 unspecified atom stereocenters. The molecule has 1 aromatic rings. The van der Waals surface area contributed by atoms with Gasteiger partial charge >= 0.3 is 0 Å². The van der Waals surface area contributed by atoms with Gasteiger partial charge in [-0.3, -0.25) is 10.1 Å². The Balaban J connectivity index is 2.95. The Morgan fingerprint density at radius 1 is 1.45 bits per heavy atom. The largest absolute Gasteiger partial charge is 0.308 e. The maximum absolute atomic E-state index is 10.9. The molecule has 110 valence electrons. The molecule has 0 aliphatic carbocycles. The molecule has 0 aliphatic rings. The minimum Gasteiger partial charge on any atom is -0.308 e. The zero-order chi connectivity index (χ0) is 15.3. The normalized spacial score (nSPS) is 12.6. The molecule has 0 aliphatic heterocycles. The lowest BCUT2D eigenvalue weighted by Crippen LogP contribution is -2.36. The highest BCUT2D eigenvalue weighted by Crippen LogP contribution is 2.26. The topological polar surface area (TPSA) is 55.2 Å². The molecule has 5 heteroatoms. The van der Waals surface area contributed by atoms with Crippen LogP contribution in [-0.4, -0.2) is 17.0 Å². The maximum Gasteiger partial charge on any atom is 0.284 e. The Kier molecular flexibility index (Phi) is 5.89. The molecule has 0 spiro atoms. The molecule has 0 saturated heterocycles. The van der Waals surface area contributed by atoms with Crippen LogP contribution in [0.2, 0.25) is 0 Å². The van der Waals surface area contributed by atoms with Crippen molar-refractivity contribution < 1.29 is 4.92 Å². The van der Waals surface area contributed by atoms with E-state index in [0.717, 1.165) is 18.5 Å². The Hall–Kier alpha value is -1.20. The third kappa shape index (κ3) is 5.43. The van der Waals surface area contributed by atoms with Gasteiger partial charge in [0.25, 0.3) is 5.69 Å². The van der Waals surface area contributed by atoms with Crippen LogP contribution in [0.5, 0.6) is 0 Å². The number of nitrogens with zero attached hydrogens (tertiary/aromatic N) is 1. The van der Waals surface area contributed by atoms with Crippen molar-refractivity contribution in [3.05, 3.63) is 43.9 Å². The molecule has 1 N–H and O–H groups in total. The Morgan fingerprint density at radius 3 is 2.60 bits per heavy atom. The van der Waals surface area contributed by atoms with Gasteiger partial charge in [-0.25, -0.2) is 0 Å². The van der Waals surface area contributed by atoms with E-state index in [2.05, 4.69) is 48.9 Å². The molecule has 0 aromatic heterocycles. The van der Waals surface area contributed by atoms with Crippen LogP contribution in [0.3, 0.4) is 0 Å². The van der Waals surface area contributed by atoms with Crippen LogP contribution < -0.4 is 5.32 Å². The quantitative estimate of drug-likeness (QED) is 0.632. The van der Waals surface area contributed by atoms with Gasteiger partial charge in [0.05, 0.1) is 9.40 Å². The molecule has 20 heavy (non-hydrogen) atoms. The van der Waals surface area contributed by atoms with E-state index in [1.165, 1.54) is 5.57 Å². The number of nitro groups is 1. The molecule has 4 nitrogen and oxygen atoms in total. The van der Waals surface area contributed by atoms with Crippen LogP contribution >= 0.6 is 15.9 Å². The van der Waals surface area contributed by atoms with Gasteiger partial charge < -0.3 is 5.32 Å². The Labute approximate surface area is 128 Å². The first kappa shape index (κ1) is 16.9. The molecule has 0 bridgehead atoms. The molecule has 0 saturated carbocycles. The SMILES string of the molecule is CCC(=Cc1ccc(Br)c([N+](=O)[O-])c1)CNC(C)(C)C. The summed E-state index contributed by atoms with van der Waals surface area (Å²) < 4.78 is 0.505. The predicted molar refractivity (Wildman–Crippen MR) is 86.8 cm³/mol. The van der Waals surface area contributed by atoms with Crippen molar-refractivity contribution >= 4 is 27.7 Å². The summed E-state index contributed by atoms with van der Waals surface area (Å²) in [6, 6.07) is 5.19. The zero-order valence-electron chi connectivity index (χ0n) is 12.4. The number of nitro benzene ring substituents is 1. The molecular formula is C15H21BrN2O2. The van der Waals surface area contributed by atoms with E-state index in [0.29, 0.717) is 4.47 Å². The molecule has 0 fully saturated rings. The van der Waals surface area contributed by atoms with Crippen LogP contribution in [0.1, 0.15) is 39.7 Å². The molecule has 0 heterocycles. The van der Waals surface area contributed by atoms with Gasteiger partial charge in [-0.15, -0.1) is 0 Å². The van der Waals surface area contributed by atoms with E-state index in [9.17, 15) is 10.1 Å². The Morgan fingerprint density at radius 2 is 2.10 bits per heavy atom. The van der Waals surface area contributed by atoms with Gasteiger partial charge in [0.1, 0.15) is 0 Å². The van der Waals surface area contributed by atoms with Gasteiger partial charge in [-0.1, -0.05) is 24.6 Å². The van der Waals surface area contributed by atoms with Crippen molar-refractivity contribution in [3.63, 3.8) is 0 Å². The second-order valence-electron chi connectivity index (χ2n) is 5.73. The first-order valence-electron chi connectivity index (χ1n) is 6.61. The van der Waals surface area contributed by atoms with Crippen molar-refractivity contribution in [1.82, 2.24) is 5.32 Å². The maximum atomic E-state index is 10.9. The highest BCUT2D eigenvalue weighted by Gasteiger charge is 2.12. The van der Waals surface area contributed by atoms with Crippen molar-refractivity contribution in [1.29, 1.82) is 0 Å². The van der Waals surface area contributed by atoms with E-state index in [1.807, 2.05) is 12.1 Å². The van der Waals surface area contributed by atoms with E-state index < -0.39 is 0 Å². The highest BCUT2D eigenvalue weighted by molar-refractivity contribution is 9.10. The van der Waals surface area contributed by atoms with Gasteiger partial charge in [-0.05, 0) is 54.8 Å². The Bertz CT molecular complexity index is 519. The molecule has 0 amide bonds. The smallest absolute Gasteiger partial charge is 0.284 e. The first-order chi connectivity index (χ1) is 9.23. The number of halogens is 1. The summed E-state index contributed by atoms with van der Waals surface area (Å²) in [5, 5.41) is 14.4.